The van der Waals surface area contributed by atoms with E-state index in [0.717, 1.165) is 19.3 Å². The van der Waals surface area contributed by atoms with Gasteiger partial charge in [-0.25, -0.2) is 4.79 Å². The summed E-state index contributed by atoms with van der Waals surface area (Å²) in [6.45, 7) is 4.21. The number of likely N-dealkylation sites (N-methyl/N-ethyl adjacent to an activating group) is 1. The van der Waals surface area contributed by atoms with E-state index in [9.17, 15) is 14.4 Å². The summed E-state index contributed by atoms with van der Waals surface area (Å²) in [7, 11) is 1.76. The monoisotopic (exact) mass is 345 g/mol. The molecule has 3 fully saturated rings. The van der Waals surface area contributed by atoms with E-state index in [0.29, 0.717) is 31.9 Å². The zero-order valence-electron chi connectivity index (χ0n) is 14.6. The van der Waals surface area contributed by atoms with Crippen LogP contribution in [-0.2, 0) is 11.8 Å². The van der Waals surface area contributed by atoms with Crippen molar-refractivity contribution in [1.29, 1.82) is 0 Å². The van der Waals surface area contributed by atoms with Gasteiger partial charge in [0.05, 0.1) is 0 Å². The van der Waals surface area contributed by atoms with Crippen LogP contribution in [0.4, 0.5) is 4.79 Å². The summed E-state index contributed by atoms with van der Waals surface area (Å²) in [5.41, 5.74) is 0.561. The minimum Gasteiger partial charge on any atom is -0.337 e. The van der Waals surface area contributed by atoms with Gasteiger partial charge in [-0.2, -0.15) is 5.10 Å². The van der Waals surface area contributed by atoms with Gasteiger partial charge in [0.2, 0.25) is 0 Å². The highest BCUT2D eigenvalue weighted by atomic mass is 16.2. The third-order valence-corrected chi connectivity index (χ3v) is 6.00. The Bertz CT molecular complexity index is 708. The smallest absolute Gasteiger partial charge is 0.327 e. The lowest BCUT2D eigenvalue weighted by Gasteiger charge is -2.39. The van der Waals surface area contributed by atoms with Gasteiger partial charge in [-0.1, -0.05) is 0 Å². The van der Waals surface area contributed by atoms with Gasteiger partial charge in [-0.05, 0) is 37.7 Å². The van der Waals surface area contributed by atoms with E-state index in [1.807, 2.05) is 11.8 Å². The van der Waals surface area contributed by atoms with E-state index < -0.39 is 0 Å². The predicted octanol–water partition coefficient (Wildman–Crippen LogP) is 0.699. The predicted molar refractivity (Wildman–Crippen MR) is 88.7 cm³/mol. The molecule has 1 aromatic heterocycles. The van der Waals surface area contributed by atoms with Gasteiger partial charge in [-0.15, -0.1) is 0 Å². The van der Waals surface area contributed by atoms with Crippen molar-refractivity contribution in [3.63, 3.8) is 0 Å². The third-order valence-electron chi connectivity index (χ3n) is 6.00. The number of hydrogen-bond donors (Lipinski definition) is 0. The number of hydrogen-bond acceptors (Lipinski definition) is 4. The summed E-state index contributed by atoms with van der Waals surface area (Å²) in [6.07, 6.45) is 4.01. The first-order valence-corrected chi connectivity index (χ1v) is 8.85. The number of amides is 4. The second-order valence-electron chi connectivity index (χ2n) is 7.35. The number of carbonyl (C=O) groups is 3. The Labute approximate surface area is 146 Å². The number of imide groups is 1. The van der Waals surface area contributed by atoms with Crippen molar-refractivity contribution in [2.45, 2.75) is 32.2 Å². The number of likely N-dealkylation sites (tertiary alicyclic amines) is 1. The average molecular weight is 345 g/mol. The Balaban J connectivity index is 1.43. The van der Waals surface area contributed by atoms with Gasteiger partial charge in [0.1, 0.15) is 11.7 Å². The highest BCUT2D eigenvalue weighted by molar-refractivity contribution is 6.04. The molecule has 0 aliphatic carbocycles. The molecule has 3 aliphatic rings. The summed E-state index contributed by atoms with van der Waals surface area (Å²) in [5.74, 6) is -0.0598. The van der Waals surface area contributed by atoms with Crippen molar-refractivity contribution >= 4 is 17.8 Å². The molecule has 1 spiro atoms. The number of piperidine rings is 1. The van der Waals surface area contributed by atoms with Gasteiger partial charge in [0.15, 0.2) is 0 Å². The van der Waals surface area contributed by atoms with Crippen LogP contribution in [0.2, 0.25) is 0 Å². The number of fused-ring (bicyclic) bond motifs is 1. The van der Waals surface area contributed by atoms with Gasteiger partial charge >= 0.3 is 6.03 Å². The molecule has 25 heavy (non-hydrogen) atoms. The quantitative estimate of drug-likeness (QED) is 0.739. The Hall–Kier alpha value is -2.38. The van der Waals surface area contributed by atoms with Crippen LogP contribution in [0, 0.1) is 5.41 Å². The lowest BCUT2D eigenvalue weighted by molar-refractivity contribution is -0.128. The van der Waals surface area contributed by atoms with Crippen LogP contribution in [0.3, 0.4) is 0 Å². The molecule has 1 unspecified atom stereocenters. The lowest BCUT2D eigenvalue weighted by atomic mass is 9.76. The highest BCUT2D eigenvalue weighted by Crippen LogP contribution is 2.46. The van der Waals surface area contributed by atoms with Crippen LogP contribution in [0.1, 0.15) is 36.7 Å². The van der Waals surface area contributed by atoms with Crippen LogP contribution in [-0.4, -0.2) is 74.5 Å². The largest absolute Gasteiger partial charge is 0.337 e. The van der Waals surface area contributed by atoms with Gasteiger partial charge in [-0.3, -0.25) is 19.2 Å². The number of aryl methyl sites for hydroxylation is 1. The molecular weight excluding hydrogens is 322 g/mol. The SMILES string of the molecule is CCN1C(=O)C2CC3(CCN(C(=O)c4ccnn4C)CC3)CN2C1=O. The fourth-order valence-electron chi connectivity index (χ4n) is 4.49. The van der Waals surface area contributed by atoms with Gasteiger partial charge < -0.3 is 9.80 Å². The molecule has 0 radical (unpaired) electrons. The molecule has 0 bridgehead atoms. The average Bonchev–Trinajstić information content (AvgIpc) is 3.24. The van der Waals surface area contributed by atoms with Crippen LogP contribution < -0.4 is 0 Å². The summed E-state index contributed by atoms with van der Waals surface area (Å²) in [6, 6.07) is 1.28. The van der Waals surface area contributed by atoms with E-state index >= 15 is 0 Å². The van der Waals surface area contributed by atoms with E-state index in [2.05, 4.69) is 5.10 Å². The summed E-state index contributed by atoms with van der Waals surface area (Å²) < 4.78 is 1.59. The van der Waals surface area contributed by atoms with E-state index in [1.54, 1.807) is 28.9 Å². The topological polar surface area (TPSA) is 78.8 Å². The van der Waals surface area contributed by atoms with Crippen LogP contribution in [0.15, 0.2) is 12.3 Å². The molecule has 0 aromatic carbocycles. The zero-order chi connectivity index (χ0) is 17.8. The molecule has 4 rings (SSSR count). The van der Waals surface area contributed by atoms with Crippen molar-refractivity contribution < 1.29 is 14.4 Å². The van der Waals surface area contributed by atoms with E-state index in [1.165, 1.54) is 4.90 Å². The third kappa shape index (κ3) is 2.34. The maximum absolute atomic E-state index is 12.6. The van der Waals surface area contributed by atoms with Crippen LogP contribution >= 0.6 is 0 Å². The zero-order valence-corrected chi connectivity index (χ0v) is 14.6. The summed E-state index contributed by atoms with van der Waals surface area (Å²) in [5, 5.41) is 4.06. The number of carbonyl (C=O) groups excluding carboxylic acids is 3. The first kappa shape index (κ1) is 16.1. The Kier molecular flexibility index (Phi) is 3.59. The summed E-state index contributed by atoms with van der Waals surface area (Å²) in [4.78, 5) is 42.3. The Morgan fingerprint density at radius 2 is 2.04 bits per heavy atom. The molecule has 4 amide bonds. The molecule has 8 nitrogen and oxygen atoms in total. The molecule has 0 N–H and O–H groups in total. The number of nitrogens with zero attached hydrogens (tertiary/aromatic N) is 5. The molecule has 3 aliphatic heterocycles. The van der Waals surface area contributed by atoms with Crippen molar-refractivity contribution in [2.75, 3.05) is 26.2 Å². The van der Waals surface area contributed by atoms with Crippen molar-refractivity contribution in [1.82, 2.24) is 24.5 Å². The first-order chi connectivity index (χ1) is 12.0. The molecule has 1 aromatic rings. The molecule has 0 saturated carbocycles. The standard InChI is InChI=1S/C17H23N5O3/c1-3-21-15(24)13-10-17(11-22(13)16(21)25)5-8-20(9-6-17)14(23)12-4-7-18-19(12)2/h4,7,13H,3,5-6,8-11H2,1-2H3. The highest BCUT2D eigenvalue weighted by Gasteiger charge is 2.56. The fraction of sp³-hybridized carbons (Fsp3) is 0.647. The molecule has 1 atom stereocenters. The van der Waals surface area contributed by atoms with Crippen molar-refractivity contribution in [3.05, 3.63) is 18.0 Å². The molecular formula is C17H23N5O3. The fourth-order valence-corrected chi connectivity index (χ4v) is 4.49. The first-order valence-electron chi connectivity index (χ1n) is 8.85. The Morgan fingerprint density at radius 1 is 1.32 bits per heavy atom. The minimum absolute atomic E-state index is 0.00217. The maximum Gasteiger partial charge on any atom is 0.327 e. The second kappa shape index (κ2) is 5.57. The molecule has 8 heteroatoms. The number of urea groups is 1. The normalized spacial score (nSPS) is 25.2. The minimum atomic E-state index is -0.299. The van der Waals surface area contributed by atoms with Crippen LogP contribution in [0.25, 0.3) is 0 Å². The van der Waals surface area contributed by atoms with Crippen molar-refractivity contribution in [3.8, 4) is 0 Å². The molecule has 3 saturated heterocycles. The maximum atomic E-state index is 12.6. The second-order valence-corrected chi connectivity index (χ2v) is 7.35. The van der Waals surface area contributed by atoms with Crippen molar-refractivity contribution in [2.24, 2.45) is 12.5 Å². The van der Waals surface area contributed by atoms with Gasteiger partial charge in [0, 0.05) is 39.4 Å². The molecule has 134 valence electrons. The molecule has 4 heterocycles. The lowest BCUT2D eigenvalue weighted by Crippen LogP contribution is -2.46. The number of rotatable bonds is 2. The van der Waals surface area contributed by atoms with Crippen LogP contribution in [0.5, 0.6) is 0 Å². The summed E-state index contributed by atoms with van der Waals surface area (Å²) >= 11 is 0. The van der Waals surface area contributed by atoms with Gasteiger partial charge in [0.25, 0.3) is 11.8 Å². The van der Waals surface area contributed by atoms with E-state index in [-0.39, 0.29) is 29.3 Å². The number of aromatic nitrogens is 2. The van der Waals surface area contributed by atoms with E-state index in [4.69, 9.17) is 0 Å². The Morgan fingerprint density at radius 3 is 2.60 bits per heavy atom.